The molecule has 0 bridgehead atoms. The van der Waals surface area contributed by atoms with Crippen molar-refractivity contribution in [1.82, 2.24) is 9.80 Å². The molecule has 0 radical (unpaired) electrons. The molecule has 36 heavy (non-hydrogen) atoms. The van der Waals surface area contributed by atoms with Crippen LogP contribution in [0.5, 0.6) is 5.75 Å². The first-order valence-electron chi connectivity index (χ1n) is 12.9. The summed E-state index contributed by atoms with van der Waals surface area (Å²) in [7, 11) is 0. The van der Waals surface area contributed by atoms with E-state index in [0.717, 1.165) is 18.1 Å². The topological polar surface area (TPSA) is 91.0 Å². The van der Waals surface area contributed by atoms with Crippen LogP contribution in [0.4, 0.5) is 16.2 Å². The Morgan fingerprint density at radius 2 is 1.50 bits per heavy atom. The number of hydrogen-bond donors (Lipinski definition) is 2. The lowest BCUT2D eigenvalue weighted by Gasteiger charge is -2.34. The van der Waals surface area contributed by atoms with Crippen molar-refractivity contribution >= 4 is 29.2 Å². The molecule has 4 amide bonds. The van der Waals surface area contributed by atoms with Gasteiger partial charge in [0, 0.05) is 50.0 Å². The highest BCUT2D eigenvalue weighted by atomic mass is 16.5. The van der Waals surface area contributed by atoms with E-state index in [2.05, 4.69) is 10.6 Å². The van der Waals surface area contributed by atoms with E-state index >= 15 is 0 Å². The number of rotatable bonds is 7. The number of benzene rings is 2. The standard InChI is InChI=1S/C28H36N4O4/c1-21(33)29-24-10-12-25(13-11-24)30-28(35)32-17-15-31(16-18-32)27(34)23-8-5-9-26(20-23)36-19-14-22-6-3-2-4-7-22/h5,8-13,20,22H,2-4,6-7,14-19H2,1H3,(H,29,33)(H,30,35). The number of urea groups is 1. The maximum absolute atomic E-state index is 13.1. The number of nitrogens with one attached hydrogen (secondary N) is 2. The summed E-state index contributed by atoms with van der Waals surface area (Å²) in [4.78, 5) is 40.4. The van der Waals surface area contributed by atoms with Crippen LogP contribution in [0.2, 0.25) is 0 Å². The molecule has 2 N–H and O–H groups in total. The lowest BCUT2D eigenvalue weighted by molar-refractivity contribution is -0.114. The van der Waals surface area contributed by atoms with Gasteiger partial charge >= 0.3 is 6.03 Å². The highest BCUT2D eigenvalue weighted by molar-refractivity contribution is 5.95. The van der Waals surface area contributed by atoms with E-state index in [4.69, 9.17) is 4.74 Å². The summed E-state index contributed by atoms with van der Waals surface area (Å²) in [5.41, 5.74) is 1.93. The number of nitrogens with zero attached hydrogens (tertiary/aromatic N) is 2. The largest absolute Gasteiger partial charge is 0.494 e. The number of anilines is 2. The van der Waals surface area contributed by atoms with Crippen molar-refractivity contribution in [3.05, 3.63) is 54.1 Å². The van der Waals surface area contributed by atoms with Crippen molar-refractivity contribution in [3.63, 3.8) is 0 Å². The van der Waals surface area contributed by atoms with E-state index in [1.54, 1.807) is 34.1 Å². The highest BCUT2D eigenvalue weighted by Gasteiger charge is 2.25. The van der Waals surface area contributed by atoms with Crippen molar-refractivity contribution in [2.45, 2.75) is 45.4 Å². The van der Waals surface area contributed by atoms with Gasteiger partial charge in [0.25, 0.3) is 5.91 Å². The average Bonchev–Trinajstić information content (AvgIpc) is 2.90. The van der Waals surface area contributed by atoms with E-state index in [1.807, 2.05) is 24.3 Å². The van der Waals surface area contributed by atoms with Gasteiger partial charge in [0.2, 0.25) is 5.91 Å². The molecule has 2 aromatic rings. The molecule has 1 saturated carbocycles. The third kappa shape index (κ3) is 7.23. The van der Waals surface area contributed by atoms with Gasteiger partial charge in [-0.25, -0.2) is 4.79 Å². The molecule has 0 aromatic heterocycles. The summed E-state index contributed by atoms with van der Waals surface area (Å²) < 4.78 is 5.97. The minimum Gasteiger partial charge on any atom is -0.494 e. The molecule has 0 atom stereocenters. The number of piperazine rings is 1. The predicted octanol–water partition coefficient (Wildman–Crippen LogP) is 4.98. The summed E-state index contributed by atoms with van der Waals surface area (Å²) in [6, 6.07) is 14.2. The summed E-state index contributed by atoms with van der Waals surface area (Å²) in [5, 5.41) is 5.57. The van der Waals surface area contributed by atoms with E-state index in [1.165, 1.54) is 39.0 Å². The SMILES string of the molecule is CC(=O)Nc1ccc(NC(=O)N2CCN(C(=O)c3cccc(OCCC4CCCCC4)c3)CC2)cc1. The van der Waals surface area contributed by atoms with Gasteiger partial charge in [-0.15, -0.1) is 0 Å². The van der Waals surface area contributed by atoms with Gasteiger partial charge in [-0.1, -0.05) is 38.2 Å². The molecular weight excluding hydrogens is 456 g/mol. The van der Waals surface area contributed by atoms with E-state index in [-0.39, 0.29) is 17.8 Å². The molecular formula is C28H36N4O4. The number of amides is 4. The summed E-state index contributed by atoms with van der Waals surface area (Å²) in [6.07, 6.45) is 7.69. The summed E-state index contributed by atoms with van der Waals surface area (Å²) >= 11 is 0. The number of carbonyl (C=O) groups is 3. The first kappa shape index (κ1) is 25.5. The van der Waals surface area contributed by atoms with Gasteiger partial charge < -0.3 is 25.2 Å². The highest BCUT2D eigenvalue weighted by Crippen LogP contribution is 2.26. The van der Waals surface area contributed by atoms with Gasteiger partial charge in [0.1, 0.15) is 5.75 Å². The second kappa shape index (κ2) is 12.4. The molecule has 1 aliphatic heterocycles. The average molecular weight is 493 g/mol. The van der Waals surface area contributed by atoms with Crippen molar-refractivity contribution < 1.29 is 19.1 Å². The van der Waals surface area contributed by atoms with Crippen molar-refractivity contribution in [2.75, 3.05) is 43.4 Å². The lowest BCUT2D eigenvalue weighted by atomic mass is 9.87. The Morgan fingerprint density at radius 1 is 0.861 bits per heavy atom. The number of carbonyl (C=O) groups excluding carboxylic acids is 3. The number of ether oxygens (including phenoxy) is 1. The van der Waals surface area contributed by atoms with Crippen LogP contribution >= 0.6 is 0 Å². The minimum atomic E-state index is -0.206. The zero-order valence-electron chi connectivity index (χ0n) is 21.0. The van der Waals surface area contributed by atoms with Crippen LogP contribution in [0.15, 0.2) is 48.5 Å². The molecule has 8 heteroatoms. The molecule has 1 saturated heterocycles. The van der Waals surface area contributed by atoms with Crippen LogP contribution in [0, 0.1) is 5.92 Å². The van der Waals surface area contributed by atoms with Gasteiger partial charge in [0.15, 0.2) is 0 Å². The van der Waals surface area contributed by atoms with Crippen LogP contribution in [-0.2, 0) is 4.79 Å². The van der Waals surface area contributed by atoms with Crippen LogP contribution in [0.1, 0.15) is 55.8 Å². The summed E-state index contributed by atoms with van der Waals surface area (Å²) in [5.74, 6) is 1.31. The molecule has 1 heterocycles. The zero-order valence-corrected chi connectivity index (χ0v) is 21.0. The second-order valence-electron chi connectivity index (χ2n) is 9.64. The van der Waals surface area contributed by atoms with Gasteiger partial charge in [0.05, 0.1) is 6.61 Å². The Balaban J connectivity index is 1.23. The molecule has 4 rings (SSSR count). The Labute approximate surface area is 213 Å². The van der Waals surface area contributed by atoms with E-state index in [9.17, 15) is 14.4 Å². The molecule has 8 nitrogen and oxygen atoms in total. The zero-order chi connectivity index (χ0) is 25.3. The lowest BCUT2D eigenvalue weighted by Crippen LogP contribution is -2.51. The smallest absolute Gasteiger partial charge is 0.321 e. The molecule has 1 aliphatic carbocycles. The van der Waals surface area contributed by atoms with Gasteiger partial charge in [-0.3, -0.25) is 9.59 Å². The van der Waals surface area contributed by atoms with Gasteiger partial charge in [-0.05, 0) is 54.8 Å². The molecule has 2 aliphatic rings. The quantitative estimate of drug-likeness (QED) is 0.570. The van der Waals surface area contributed by atoms with Gasteiger partial charge in [-0.2, -0.15) is 0 Å². The van der Waals surface area contributed by atoms with Crippen LogP contribution in [0.25, 0.3) is 0 Å². The van der Waals surface area contributed by atoms with E-state index < -0.39 is 0 Å². The minimum absolute atomic E-state index is 0.0404. The van der Waals surface area contributed by atoms with Crippen LogP contribution < -0.4 is 15.4 Å². The molecule has 0 unspecified atom stereocenters. The monoisotopic (exact) mass is 492 g/mol. The first-order valence-corrected chi connectivity index (χ1v) is 12.9. The maximum atomic E-state index is 13.1. The second-order valence-corrected chi connectivity index (χ2v) is 9.64. The first-order chi connectivity index (χ1) is 17.5. The fraction of sp³-hybridized carbons (Fsp3) is 0.464. The predicted molar refractivity (Wildman–Crippen MR) is 140 cm³/mol. The Bertz CT molecular complexity index is 1040. The van der Waals surface area contributed by atoms with Crippen LogP contribution in [0.3, 0.4) is 0 Å². The Kier molecular flexibility index (Phi) is 8.81. The number of hydrogen-bond acceptors (Lipinski definition) is 4. The van der Waals surface area contributed by atoms with Crippen molar-refractivity contribution in [2.24, 2.45) is 5.92 Å². The third-order valence-electron chi connectivity index (χ3n) is 6.91. The fourth-order valence-electron chi connectivity index (χ4n) is 4.88. The maximum Gasteiger partial charge on any atom is 0.321 e. The van der Waals surface area contributed by atoms with E-state index in [0.29, 0.717) is 49.7 Å². The Morgan fingerprint density at radius 3 is 2.17 bits per heavy atom. The molecule has 192 valence electrons. The van der Waals surface area contributed by atoms with Crippen molar-refractivity contribution in [3.8, 4) is 5.75 Å². The molecule has 2 fully saturated rings. The normalized spacial score (nSPS) is 16.4. The Hall–Kier alpha value is -3.55. The molecule has 0 spiro atoms. The third-order valence-corrected chi connectivity index (χ3v) is 6.91. The van der Waals surface area contributed by atoms with Crippen molar-refractivity contribution in [1.29, 1.82) is 0 Å². The van der Waals surface area contributed by atoms with Crippen LogP contribution in [-0.4, -0.2) is 60.4 Å². The summed E-state index contributed by atoms with van der Waals surface area (Å²) in [6.45, 7) is 3.99. The fourth-order valence-corrected chi connectivity index (χ4v) is 4.88. The molecule has 2 aromatic carbocycles.